The number of hydrogen-bond donors (Lipinski definition) is 0. The molecule has 0 bridgehead atoms. The lowest BCUT2D eigenvalue weighted by Gasteiger charge is -2.28. The van der Waals surface area contributed by atoms with E-state index in [1.165, 1.54) is 5.56 Å². The second-order valence-electron chi connectivity index (χ2n) is 11.0. The molecule has 0 amide bonds. The first-order chi connectivity index (χ1) is 21.3. The van der Waals surface area contributed by atoms with Gasteiger partial charge in [0.1, 0.15) is 22.3 Å². The summed E-state index contributed by atoms with van der Waals surface area (Å²) in [5.41, 5.74) is 9.10. The number of rotatable bonds is 4. The molecule has 0 spiro atoms. The summed E-state index contributed by atoms with van der Waals surface area (Å²) in [5.74, 6) is 0. The van der Waals surface area contributed by atoms with Crippen molar-refractivity contribution in [2.45, 2.75) is 0 Å². The van der Waals surface area contributed by atoms with Gasteiger partial charge < -0.3 is 13.7 Å². The number of nitrogens with zero attached hydrogens (tertiary/aromatic N) is 1. The first-order valence-corrected chi connectivity index (χ1v) is 14.5. The van der Waals surface area contributed by atoms with Crippen LogP contribution in [-0.4, -0.2) is 0 Å². The monoisotopic (exact) mass is 551 g/mol. The van der Waals surface area contributed by atoms with Crippen molar-refractivity contribution in [3.05, 3.63) is 152 Å². The Kier molecular flexibility index (Phi) is 5.20. The smallest absolute Gasteiger partial charge is 0.137 e. The maximum Gasteiger partial charge on any atom is 0.137 e. The highest BCUT2D eigenvalue weighted by atomic mass is 16.3. The average molecular weight is 552 g/mol. The van der Waals surface area contributed by atoms with Crippen LogP contribution >= 0.6 is 0 Å². The molecule has 0 atom stereocenters. The first kappa shape index (κ1) is 23.9. The van der Waals surface area contributed by atoms with Crippen molar-refractivity contribution in [3.63, 3.8) is 0 Å². The van der Waals surface area contributed by atoms with Crippen molar-refractivity contribution >= 4 is 71.7 Å². The maximum atomic E-state index is 6.34. The molecule has 3 nitrogen and oxygen atoms in total. The van der Waals surface area contributed by atoms with E-state index in [0.29, 0.717) is 0 Å². The predicted molar refractivity (Wildman–Crippen MR) is 179 cm³/mol. The Morgan fingerprint density at radius 1 is 0.372 bits per heavy atom. The Morgan fingerprint density at radius 2 is 0.977 bits per heavy atom. The van der Waals surface area contributed by atoms with Crippen molar-refractivity contribution < 1.29 is 8.83 Å². The normalized spacial score (nSPS) is 11.7. The fourth-order valence-corrected chi connectivity index (χ4v) is 6.41. The van der Waals surface area contributed by atoms with Gasteiger partial charge in [-0.05, 0) is 70.9 Å². The highest BCUT2D eigenvalue weighted by Gasteiger charge is 2.19. The molecule has 2 heterocycles. The summed E-state index contributed by atoms with van der Waals surface area (Å²) >= 11 is 0. The minimum Gasteiger partial charge on any atom is -0.456 e. The number of para-hydroxylation sites is 3. The fourth-order valence-electron chi connectivity index (χ4n) is 6.41. The van der Waals surface area contributed by atoms with Crippen molar-refractivity contribution in [1.29, 1.82) is 0 Å². The molecule has 3 heteroatoms. The summed E-state index contributed by atoms with van der Waals surface area (Å²) < 4.78 is 12.5. The Hall–Kier alpha value is -5.80. The molecule has 0 aliphatic heterocycles. The standard InChI is InChI=1S/C40H25NO2/c1-2-10-26(11-3-1)31-12-4-7-15-36(31)41(30-20-21-34-32-13-5-8-16-37(32)43-40(34)25-30)29-19-18-27-24-39-35(23-28(27)22-29)33-14-6-9-17-38(33)42-39/h1-25H. The third-order valence-electron chi connectivity index (χ3n) is 8.43. The van der Waals surface area contributed by atoms with E-state index < -0.39 is 0 Å². The molecule has 9 rings (SSSR count). The van der Waals surface area contributed by atoms with Gasteiger partial charge in [-0.1, -0.05) is 91.0 Å². The van der Waals surface area contributed by atoms with E-state index in [0.717, 1.165) is 77.3 Å². The van der Waals surface area contributed by atoms with Crippen LogP contribution in [0, 0.1) is 0 Å². The Morgan fingerprint density at radius 3 is 1.79 bits per heavy atom. The molecule has 2 aromatic heterocycles. The van der Waals surface area contributed by atoms with Gasteiger partial charge in [-0.3, -0.25) is 0 Å². The van der Waals surface area contributed by atoms with E-state index >= 15 is 0 Å². The van der Waals surface area contributed by atoms with E-state index in [1.54, 1.807) is 0 Å². The third-order valence-corrected chi connectivity index (χ3v) is 8.43. The number of furan rings is 2. The molecule has 7 aromatic carbocycles. The van der Waals surface area contributed by atoms with Gasteiger partial charge in [0, 0.05) is 44.5 Å². The van der Waals surface area contributed by atoms with E-state index in [-0.39, 0.29) is 0 Å². The lowest BCUT2D eigenvalue weighted by molar-refractivity contribution is 0.668. The van der Waals surface area contributed by atoms with Crippen LogP contribution in [0.2, 0.25) is 0 Å². The lowest BCUT2D eigenvalue weighted by atomic mass is 10.0. The zero-order valence-corrected chi connectivity index (χ0v) is 23.2. The van der Waals surface area contributed by atoms with Crippen LogP contribution in [-0.2, 0) is 0 Å². The second kappa shape index (κ2) is 9.37. The molecule has 0 saturated carbocycles. The van der Waals surface area contributed by atoms with Crippen LogP contribution in [0.5, 0.6) is 0 Å². The van der Waals surface area contributed by atoms with Gasteiger partial charge in [-0.2, -0.15) is 0 Å². The summed E-state index contributed by atoms with van der Waals surface area (Å²) in [4.78, 5) is 2.34. The van der Waals surface area contributed by atoms with Crippen LogP contribution in [0.1, 0.15) is 0 Å². The molecule has 43 heavy (non-hydrogen) atoms. The SMILES string of the molecule is c1ccc(-c2ccccc2N(c2ccc3cc4oc5ccccc5c4cc3c2)c2ccc3c(c2)oc2ccccc23)cc1. The zero-order chi connectivity index (χ0) is 28.3. The quantitative estimate of drug-likeness (QED) is 0.218. The molecule has 0 unspecified atom stereocenters. The summed E-state index contributed by atoms with van der Waals surface area (Å²) in [5, 5.41) is 6.79. The first-order valence-electron chi connectivity index (χ1n) is 14.5. The Balaban J connectivity index is 1.29. The summed E-state index contributed by atoms with van der Waals surface area (Å²) in [6.07, 6.45) is 0. The summed E-state index contributed by atoms with van der Waals surface area (Å²) in [6, 6.07) is 53.2. The van der Waals surface area contributed by atoms with E-state index in [4.69, 9.17) is 8.83 Å². The summed E-state index contributed by atoms with van der Waals surface area (Å²) in [7, 11) is 0. The number of anilines is 3. The van der Waals surface area contributed by atoms with Gasteiger partial charge in [-0.15, -0.1) is 0 Å². The minimum atomic E-state index is 0.869. The highest BCUT2D eigenvalue weighted by Crippen LogP contribution is 2.43. The van der Waals surface area contributed by atoms with Gasteiger partial charge in [0.2, 0.25) is 0 Å². The third kappa shape index (κ3) is 3.83. The zero-order valence-electron chi connectivity index (χ0n) is 23.2. The van der Waals surface area contributed by atoms with Crippen molar-refractivity contribution in [2.75, 3.05) is 4.90 Å². The van der Waals surface area contributed by atoms with Crippen LogP contribution in [0.15, 0.2) is 160 Å². The molecule has 9 aromatic rings. The number of fused-ring (bicyclic) bond motifs is 7. The Labute approximate surface area is 247 Å². The topological polar surface area (TPSA) is 29.5 Å². The average Bonchev–Trinajstić information content (AvgIpc) is 3.62. The van der Waals surface area contributed by atoms with E-state index in [2.05, 4.69) is 132 Å². The van der Waals surface area contributed by atoms with Crippen LogP contribution < -0.4 is 4.90 Å². The highest BCUT2D eigenvalue weighted by molar-refractivity contribution is 6.11. The maximum absolute atomic E-state index is 6.34. The lowest BCUT2D eigenvalue weighted by Crippen LogP contribution is -2.11. The number of hydrogen-bond acceptors (Lipinski definition) is 3. The molecule has 0 radical (unpaired) electrons. The van der Waals surface area contributed by atoms with E-state index in [1.807, 2.05) is 24.3 Å². The molecule has 0 N–H and O–H groups in total. The molecular weight excluding hydrogens is 526 g/mol. The van der Waals surface area contributed by atoms with Crippen LogP contribution in [0.4, 0.5) is 17.1 Å². The van der Waals surface area contributed by atoms with Gasteiger partial charge in [-0.25, -0.2) is 0 Å². The Bertz CT molecular complexity index is 2470. The molecule has 0 saturated heterocycles. The van der Waals surface area contributed by atoms with Crippen molar-refractivity contribution in [1.82, 2.24) is 0 Å². The predicted octanol–water partition coefficient (Wildman–Crippen LogP) is 11.8. The van der Waals surface area contributed by atoms with E-state index in [9.17, 15) is 0 Å². The van der Waals surface area contributed by atoms with Crippen LogP contribution in [0.3, 0.4) is 0 Å². The minimum absolute atomic E-state index is 0.869. The molecule has 0 fully saturated rings. The van der Waals surface area contributed by atoms with Crippen molar-refractivity contribution in [2.24, 2.45) is 0 Å². The number of benzene rings is 7. The van der Waals surface area contributed by atoms with Crippen molar-refractivity contribution in [3.8, 4) is 11.1 Å². The molecule has 0 aliphatic rings. The second-order valence-corrected chi connectivity index (χ2v) is 11.0. The molecular formula is C40H25NO2. The largest absolute Gasteiger partial charge is 0.456 e. The van der Waals surface area contributed by atoms with Gasteiger partial charge >= 0.3 is 0 Å². The fraction of sp³-hybridized carbons (Fsp3) is 0. The van der Waals surface area contributed by atoms with Gasteiger partial charge in [0.15, 0.2) is 0 Å². The van der Waals surface area contributed by atoms with Crippen LogP contribution in [0.25, 0.3) is 65.8 Å². The van der Waals surface area contributed by atoms with Gasteiger partial charge in [0.25, 0.3) is 0 Å². The summed E-state index contributed by atoms with van der Waals surface area (Å²) in [6.45, 7) is 0. The molecule has 0 aliphatic carbocycles. The molecule has 202 valence electrons. The van der Waals surface area contributed by atoms with Gasteiger partial charge in [0.05, 0.1) is 5.69 Å².